The molecule has 5 nitrogen and oxygen atoms in total. The summed E-state index contributed by atoms with van der Waals surface area (Å²) in [5.74, 6) is 0. The van der Waals surface area contributed by atoms with E-state index in [4.69, 9.17) is 4.74 Å². The third kappa shape index (κ3) is 3.93. The van der Waals surface area contributed by atoms with E-state index in [1.54, 1.807) is 6.92 Å². The number of hydrogen-bond acceptors (Lipinski definition) is 5. The van der Waals surface area contributed by atoms with Crippen LogP contribution in [0.5, 0.6) is 0 Å². The third-order valence-electron chi connectivity index (χ3n) is 3.15. The lowest BCUT2D eigenvalue weighted by atomic mass is 10.2. The maximum atomic E-state index is 12.5. The van der Waals surface area contributed by atoms with E-state index < -0.39 is 33.2 Å². The van der Waals surface area contributed by atoms with Gasteiger partial charge in [0.1, 0.15) is 10.3 Å². The Bertz CT molecular complexity index is 580. The van der Waals surface area contributed by atoms with Crippen LogP contribution >= 0.6 is 11.3 Å². The second kappa shape index (κ2) is 6.19. The number of ether oxygens (including phenoxy) is 1. The molecule has 1 saturated heterocycles. The Morgan fingerprint density at radius 2 is 2.29 bits per heavy atom. The zero-order valence-electron chi connectivity index (χ0n) is 11.2. The number of hydrogen-bond donors (Lipinski definition) is 1. The maximum Gasteiger partial charge on any atom is 0.434 e. The molecule has 2 heterocycles. The average Bonchev–Trinajstić information content (AvgIpc) is 3.05. The van der Waals surface area contributed by atoms with Gasteiger partial charge in [0.25, 0.3) is 0 Å². The molecule has 0 aliphatic carbocycles. The summed E-state index contributed by atoms with van der Waals surface area (Å²) in [6, 6.07) is -0.753. The van der Waals surface area contributed by atoms with Gasteiger partial charge in [0.15, 0.2) is 5.69 Å². The first kappa shape index (κ1) is 16.7. The van der Waals surface area contributed by atoms with Crippen molar-refractivity contribution in [2.75, 3.05) is 13.2 Å². The zero-order valence-corrected chi connectivity index (χ0v) is 12.8. The van der Waals surface area contributed by atoms with Gasteiger partial charge in [-0.15, -0.1) is 11.3 Å². The van der Waals surface area contributed by atoms with Crippen LogP contribution < -0.4 is 4.72 Å². The number of alkyl halides is 3. The minimum atomic E-state index is -4.52. The molecule has 2 rings (SSSR count). The van der Waals surface area contributed by atoms with Gasteiger partial charge in [0.05, 0.1) is 12.6 Å². The van der Waals surface area contributed by atoms with E-state index in [2.05, 4.69) is 9.71 Å². The molecule has 1 aromatic rings. The van der Waals surface area contributed by atoms with Gasteiger partial charge in [0, 0.05) is 12.0 Å². The van der Waals surface area contributed by atoms with Gasteiger partial charge in [-0.1, -0.05) is 6.92 Å². The van der Waals surface area contributed by atoms with Crippen LogP contribution in [-0.4, -0.2) is 31.9 Å². The first-order valence-corrected chi connectivity index (χ1v) is 8.78. The molecule has 0 unspecified atom stereocenters. The lowest BCUT2D eigenvalue weighted by Crippen LogP contribution is -2.37. The van der Waals surface area contributed by atoms with Crippen LogP contribution in [0.3, 0.4) is 0 Å². The Kier molecular flexibility index (Phi) is 4.91. The van der Waals surface area contributed by atoms with Gasteiger partial charge < -0.3 is 4.74 Å². The molecule has 0 saturated carbocycles. The summed E-state index contributed by atoms with van der Waals surface area (Å²) in [5.41, 5.74) is -0.996. The number of nitrogens with one attached hydrogen (secondary N) is 1. The van der Waals surface area contributed by atoms with Crippen molar-refractivity contribution in [3.05, 3.63) is 16.1 Å². The fraction of sp³-hybridized carbons (Fsp3) is 0.727. The van der Waals surface area contributed by atoms with E-state index in [9.17, 15) is 21.6 Å². The standard InChI is InChI=1S/C11H15F3N2O3S2/c1-2-8(10-15-9(6-20-10)11(12,13)14)16-21(17,18)7-3-4-19-5-7/h6-8,16H,2-5H2,1H3/t7-,8+/m0/s1. The topological polar surface area (TPSA) is 68.3 Å². The molecule has 21 heavy (non-hydrogen) atoms. The number of sulfonamides is 1. The minimum absolute atomic E-state index is 0.109. The van der Waals surface area contributed by atoms with Crippen molar-refractivity contribution in [3.8, 4) is 0 Å². The van der Waals surface area contributed by atoms with Crippen LogP contribution in [0.15, 0.2) is 5.38 Å². The molecule has 120 valence electrons. The van der Waals surface area contributed by atoms with E-state index in [0.717, 1.165) is 16.7 Å². The summed E-state index contributed by atoms with van der Waals surface area (Å²) < 4.78 is 69.4. The summed E-state index contributed by atoms with van der Waals surface area (Å²) in [5, 5.41) is 0.353. The van der Waals surface area contributed by atoms with Gasteiger partial charge >= 0.3 is 6.18 Å². The van der Waals surface area contributed by atoms with Gasteiger partial charge in [-0.3, -0.25) is 0 Å². The molecule has 1 aromatic heterocycles. The molecule has 0 spiro atoms. The smallest absolute Gasteiger partial charge is 0.380 e. The van der Waals surface area contributed by atoms with Gasteiger partial charge in [-0.25, -0.2) is 18.1 Å². The Hall–Kier alpha value is -0.710. The molecular formula is C11H15F3N2O3S2. The molecule has 1 aliphatic rings. The summed E-state index contributed by atoms with van der Waals surface area (Å²) in [6.07, 6.45) is -3.82. The molecule has 1 aliphatic heterocycles. The first-order chi connectivity index (χ1) is 9.74. The first-order valence-electron chi connectivity index (χ1n) is 6.35. The van der Waals surface area contributed by atoms with E-state index >= 15 is 0 Å². The van der Waals surface area contributed by atoms with Crippen molar-refractivity contribution in [2.45, 2.75) is 37.2 Å². The van der Waals surface area contributed by atoms with Gasteiger partial charge in [-0.2, -0.15) is 13.2 Å². The highest BCUT2D eigenvalue weighted by Crippen LogP contribution is 2.32. The number of thiazole rings is 1. The largest absolute Gasteiger partial charge is 0.434 e. The lowest BCUT2D eigenvalue weighted by Gasteiger charge is -2.17. The van der Waals surface area contributed by atoms with Crippen LogP contribution in [0, 0.1) is 0 Å². The van der Waals surface area contributed by atoms with Crippen molar-refractivity contribution in [3.63, 3.8) is 0 Å². The average molecular weight is 344 g/mol. The predicted molar refractivity (Wildman–Crippen MR) is 71.4 cm³/mol. The van der Waals surface area contributed by atoms with Crippen molar-refractivity contribution in [1.82, 2.24) is 9.71 Å². The van der Waals surface area contributed by atoms with Crippen molar-refractivity contribution < 1.29 is 26.3 Å². The summed E-state index contributed by atoms with van der Waals surface area (Å²) in [6.45, 7) is 2.17. The predicted octanol–water partition coefficient (Wildman–Crippen LogP) is 2.32. The van der Waals surface area contributed by atoms with Crippen LogP contribution in [-0.2, 0) is 20.9 Å². The Balaban J connectivity index is 2.14. The van der Waals surface area contributed by atoms with Crippen molar-refractivity contribution in [2.24, 2.45) is 0 Å². The maximum absolute atomic E-state index is 12.5. The molecule has 0 bridgehead atoms. The molecular weight excluding hydrogens is 329 g/mol. The summed E-state index contributed by atoms with van der Waals surface area (Å²) in [4.78, 5) is 3.50. The van der Waals surface area contributed by atoms with Crippen LogP contribution in [0.4, 0.5) is 13.2 Å². The van der Waals surface area contributed by atoms with E-state index in [1.165, 1.54) is 0 Å². The molecule has 0 aromatic carbocycles. The van der Waals surface area contributed by atoms with Crippen molar-refractivity contribution >= 4 is 21.4 Å². The second-order valence-electron chi connectivity index (χ2n) is 4.68. The molecule has 2 atom stereocenters. The molecule has 0 radical (unpaired) electrons. The molecule has 1 N–H and O–H groups in total. The van der Waals surface area contributed by atoms with Gasteiger partial charge in [0.2, 0.25) is 10.0 Å². The highest BCUT2D eigenvalue weighted by molar-refractivity contribution is 7.90. The summed E-state index contributed by atoms with van der Waals surface area (Å²) in [7, 11) is -3.64. The molecule has 0 amide bonds. The fourth-order valence-corrected chi connectivity index (χ4v) is 4.52. The molecule has 10 heteroatoms. The van der Waals surface area contributed by atoms with Crippen LogP contribution in [0.2, 0.25) is 0 Å². The van der Waals surface area contributed by atoms with E-state index in [1.807, 2.05) is 0 Å². The zero-order chi connectivity index (χ0) is 15.7. The lowest BCUT2D eigenvalue weighted by molar-refractivity contribution is -0.140. The van der Waals surface area contributed by atoms with Gasteiger partial charge in [-0.05, 0) is 12.8 Å². The summed E-state index contributed by atoms with van der Waals surface area (Å²) >= 11 is 0.803. The fourth-order valence-electron chi connectivity index (χ4n) is 1.94. The number of rotatable bonds is 5. The Morgan fingerprint density at radius 1 is 1.57 bits per heavy atom. The highest BCUT2D eigenvalue weighted by Gasteiger charge is 2.36. The number of halogens is 3. The normalized spacial score (nSPS) is 21.6. The SMILES string of the molecule is CC[C@@H](NS(=O)(=O)[C@H]1CCOC1)c1nc(C(F)(F)F)cs1. The Labute approximate surface area is 124 Å². The second-order valence-corrected chi connectivity index (χ2v) is 7.56. The Morgan fingerprint density at radius 3 is 2.76 bits per heavy atom. The third-order valence-corrected chi connectivity index (χ3v) is 5.97. The quantitative estimate of drug-likeness (QED) is 0.890. The van der Waals surface area contributed by atoms with Crippen LogP contribution in [0.1, 0.15) is 36.5 Å². The monoisotopic (exact) mass is 344 g/mol. The van der Waals surface area contributed by atoms with E-state index in [-0.39, 0.29) is 11.6 Å². The number of nitrogens with zero attached hydrogens (tertiary/aromatic N) is 1. The van der Waals surface area contributed by atoms with Crippen molar-refractivity contribution in [1.29, 1.82) is 0 Å². The van der Waals surface area contributed by atoms with E-state index in [0.29, 0.717) is 19.4 Å². The highest BCUT2D eigenvalue weighted by atomic mass is 32.2. The number of aromatic nitrogens is 1. The van der Waals surface area contributed by atoms with Crippen LogP contribution in [0.25, 0.3) is 0 Å². The minimum Gasteiger partial charge on any atom is -0.380 e. The molecule has 1 fully saturated rings.